The number of carbonyl (C=O) groups is 2. The molecule has 1 fully saturated rings. The number of imide groups is 1. The van der Waals surface area contributed by atoms with Crippen LogP contribution in [-0.4, -0.2) is 17.9 Å². The second-order valence-electron chi connectivity index (χ2n) is 5.37. The van der Waals surface area contributed by atoms with Crippen LogP contribution >= 0.6 is 0 Å². The SMILES string of the molecule is Cc1cc(NC2CCC(=O)NC2=O)ccc1C(C)C. The Morgan fingerprint density at radius 2 is 2.05 bits per heavy atom. The van der Waals surface area contributed by atoms with E-state index in [9.17, 15) is 9.59 Å². The van der Waals surface area contributed by atoms with Gasteiger partial charge in [0, 0.05) is 12.1 Å². The zero-order chi connectivity index (χ0) is 14.0. The first kappa shape index (κ1) is 13.6. The number of benzene rings is 1. The number of rotatable bonds is 3. The molecule has 1 aliphatic rings. The lowest BCUT2D eigenvalue weighted by Gasteiger charge is -2.23. The van der Waals surface area contributed by atoms with Crippen molar-refractivity contribution in [1.82, 2.24) is 5.32 Å². The first-order chi connectivity index (χ1) is 8.97. The van der Waals surface area contributed by atoms with Gasteiger partial charge in [0.2, 0.25) is 11.8 Å². The van der Waals surface area contributed by atoms with Crippen molar-refractivity contribution in [3.63, 3.8) is 0 Å². The quantitative estimate of drug-likeness (QED) is 0.820. The van der Waals surface area contributed by atoms with Gasteiger partial charge in [-0.15, -0.1) is 0 Å². The predicted molar refractivity (Wildman–Crippen MR) is 75.1 cm³/mol. The van der Waals surface area contributed by atoms with E-state index >= 15 is 0 Å². The number of anilines is 1. The number of hydrogen-bond acceptors (Lipinski definition) is 3. The number of aryl methyl sites for hydroxylation is 1. The molecule has 1 aromatic carbocycles. The highest BCUT2D eigenvalue weighted by Crippen LogP contribution is 2.23. The van der Waals surface area contributed by atoms with E-state index in [1.165, 1.54) is 11.1 Å². The summed E-state index contributed by atoms with van der Waals surface area (Å²) in [6, 6.07) is 5.82. The predicted octanol–water partition coefficient (Wildman–Crippen LogP) is 2.34. The summed E-state index contributed by atoms with van der Waals surface area (Å²) in [5, 5.41) is 5.55. The van der Waals surface area contributed by atoms with Gasteiger partial charge in [-0.3, -0.25) is 14.9 Å². The van der Waals surface area contributed by atoms with Crippen molar-refractivity contribution in [2.75, 3.05) is 5.32 Å². The van der Waals surface area contributed by atoms with E-state index in [1.54, 1.807) is 0 Å². The molecule has 0 bridgehead atoms. The second kappa shape index (κ2) is 5.43. The maximum absolute atomic E-state index is 11.7. The number of amides is 2. The van der Waals surface area contributed by atoms with Crippen LogP contribution in [-0.2, 0) is 9.59 Å². The van der Waals surface area contributed by atoms with Gasteiger partial charge in [0.15, 0.2) is 0 Å². The summed E-state index contributed by atoms with van der Waals surface area (Å²) in [5.41, 5.74) is 3.46. The molecule has 1 atom stereocenters. The molecule has 0 aromatic heterocycles. The Hall–Kier alpha value is -1.84. The van der Waals surface area contributed by atoms with Crippen molar-refractivity contribution in [2.45, 2.75) is 45.6 Å². The van der Waals surface area contributed by atoms with Crippen molar-refractivity contribution >= 4 is 17.5 Å². The topological polar surface area (TPSA) is 58.2 Å². The maximum Gasteiger partial charge on any atom is 0.249 e. The van der Waals surface area contributed by atoms with Crippen molar-refractivity contribution < 1.29 is 9.59 Å². The Morgan fingerprint density at radius 3 is 2.63 bits per heavy atom. The van der Waals surface area contributed by atoms with E-state index in [0.29, 0.717) is 18.8 Å². The molecule has 1 heterocycles. The molecule has 4 nitrogen and oxygen atoms in total. The number of piperidine rings is 1. The molecule has 1 saturated heterocycles. The van der Waals surface area contributed by atoms with E-state index in [4.69, 9.17) is 0 Å². The molecule has 1 unspecified atom stereocenters. The van der Waals surface area contributed by atoms with Crippen molar-refractivity contribution in [2.24, 2.45) is 0 Å². The summed E-state index contributed by atoms with van der Waals surface area (Å²) in [7, 11) is 0. The molecule has 0 aliphatic carbocycles. The average Bonchev–Trinajstić information content (AvgIpc) is 2.32. The van der Waals surface area contributed by atoms with E-state index in [1.807, 2.05) is 6.07 Å². The Kier molecular flexibility index (Phi) is 3.88. The van der Waals surface area contributed by atoms with Gasteiger partial charge in [0.05, 0.1) is 0 Å². The Morgan fingerprint density at radius 1 is 1.32 bits per heavy atom. The first-order valence-corrected chi connectivity index (χ1v) is 6.68. The molecule has 4 heteroatoms. The van der Waals surface area contributed by atoms with Crippen LogP contribution in [0.1, 0.15) is 43.7 Å². The second-order valence-corrected chi connectivity index (χ2v) is 5.37. The highest BCUT2D eigenvalue weighted by Gasteiger charge is 2.26. The molecule has 19 heavy (non-hydrogen) atoms. The molecule has 2 rings (SSSR count). The fourth-order valence-electron chi connectivity index (χ4n) is 2.45. The molecule has 0 radical (unpaired) electrons. The first-order valence-electron chi connectivity index (χ1n) is 6.68. The minimum Gasteiger partial charge on any atom is -0.374 e. The fourth-order valence-corrected chi connectivity index (χ4v) is 2.45. The van der Waals surface area contributed by atoms with E-state index in [2.05, 4.69) is 43.5 Å². The van der Waals surface area contributed by atoms with E-state index in [-0.39, 0.29) is 17.9 Å². The third-order valence-electron chi connectivity index (χ3n) is 3.47. The van der Waals surface area contributed by atoms with Crippen molar-refractivity contribution in [3.8, 4) is 0 Å². The Labute approximate surface area is 113 Å². The molecule has 102 valence electrons. The highest BCUT2D eigenvalue weighted by molar-refractivity contribution is 6.01. The lowest BCUT2D eigenvalue weighted by molar-refractivity contribution is -0.133. The van der Waals surface area contributed by atoms with Crippen LogP contribution in [0.25, 0.3) is 0 Å². The third kappa shape index (κ3) is 3.13. The monoisotopic (exact) mass is 260 g/mol. The zero-order valence-corrected chi connectivity index (χ0v) is 11.6. The van der Waals surface area contributed by atoms with Crippen LogP contribution in [0.2, 0.25) is 0 Å². The van der Waals surface area contributed by atoms with Gasteiger partial charge in [-0.1, -0.05) is 19.9 Å². The van der Waals surface area contributed by atoms with Crippen LogP contribution < -0.4 is 10.6 Å². The van der Waals surface area contributed by atoms with Crippen molar-refractivity contribution in [1.29, 1.82) is 0 Å². The fraction of sp³-hybridized carbons (Fsp3) is 0.467. The van der Waals surface area contributed by atoms with Crippen molar-refractivity contribution in [3.05, 3.63) is 29.3 Å². The van der Waals surface area contributed by atoms with Gasteiger partial charge < -0.3 is 5.32 Å². The zero-order valence-electron chi connectivity index (χ0n) is 11.6. The van der Waals surface area contributed by atoms with Gasteiger partial charge in [0.1, 0.15) is 6.04 Å². The van der Waals surface area contributed by atoms with Crippen LogP contribution in [0.3, 0.4) is 0 Å². The summed E-state index contributed by atoms with van der Waals surface area (Å²) in [6.45, 7) is 6.40. The standard InChI is InChI=1S/C15H20N2O2/c1-9(2)12-5-4-11(8-10(12)3)16-13-6-7-14(18)17-15(13)19/h4-5,8-9,13,16H,6-7H2,1-3H3,(H,17,18,19). The summed E-state index contributed by atoms with van der Waals surface area (Å²) < 4.78 is 0. The molecular formula is C15H20N2O2. The Balaban J connectivity index is 2.09. The van der Waals surface area contributed by atoms with Gasteiger partial charge in [0.25, 0.3) is 0 Å². The van der Waals surface area contributed by atoms with Crippen LogP contribution in [0, 0.1) is 6.92 Å². The van der Waals surface area contributed by atoms with Crippen LogP contribution in [0.15, 0.2) is 18.2 Å². The molecular weight excluding hydrogens is 240 g/mol. The van der Waals surface area contributed by atoms with Gasteiger partial charge in [-0.2, -0.15) is 0 Å². The smallest absolute Gasteiger partial charge is 0.249 e. The Bertz CT molecular complexity index is 509. The highest BCUT2D eigenvalue weighted by atomic mass is 16.2. The van der Waals surface area contributed by atoms with Gasteiger partial charge >= 0.3 is 0 Å². The van der Waals surface area contributed by atoms with E-state index < -0.39 is 0 Å². The molecule has 1 aliphatic heterocycles. The molecule has 0 spiro atoms. The van der Waals surface area contributed by atoms with E-state index in [0.717, 1.165) is 5.69 Å². The normalized spacial score (nSPS) is 19.5. The molecule has 2 amide bonds. The third-order valence-corrected chi connectivity index (χ3v) is 3.47. The number of hydrogen-bond donors (Lipinski definition) is 2. The van der Waals surface area contributed by atoms with Gasteiger partial charge in [-0.25, -0.2) is 0 Å². The average molecular weight is 260 g/mol. The van der Waals surface area contributed by atoms with Gasteiger partial charge in [-0.05, 0) is 42.5 Å². The molecule has 0 saturated carbocycles. The number of carbonyl (C=O) groups excluding carboxylic acids is 2. The lowest BCUT2D eigenvalue weighted by atomic mass is 9.97. The summed E-state index contributed by atoms with van der Waals surface area (Å²) in [6.07, 6.45) is 0.947. The van der Waals surface area contributed by atoms with Crippen LogP contribution in [0.5, 0.6) is 0 Å². The molecule has 1 aromatic rings. The summed E-state index contributed by atoms with van der Waals surface area (Å²) in [5.74, 6) is 0.0703. The maximum atomic E-state index is 11.7. The minimum absolute atomic E-state index is 0.186. The summed E-state index contributed by atoms with van der Waals surface area (Å²) in [4.78, 5) is 22.8. The largest absolute Gasteiger partial charge is 0.374 e. The summed E-state index contributed by atoms with van der Waals surface area (Å²) >= 11 is 0. The lowest BCUT2D eigenvalue weighted by Crippen LogP contribution is -2.47. The molecule has 2 N–H and O–H groups in total. The van der Waals surface area contributed by atoms with Crippen LogP contribution in [0.4, 0.5) is 5.69 Å². The minimum atomic E-state index is -0.318. The number of nitrogens with one attached hydrogen (secondary N) is 2.